The lowest BCUT2D eigenvalue weighted by Crippen LogP contribution is -1.94. The van der Waals surface area contributed by atoms with E-state index in [-0.39, 0.29) is 0 Å². The smallest absolute Gasteiger partial charge is 0.188 e. The lowest BCUT2D eigenvalue weighted by atomic mass is 10.3. The van der Waals surface area contributed by atoms with E-state index in [4.69, 9.17) is 11.6 Å². The van der Waals surface area contributed by atoms with E-state index in [1.54, 1.807) is 16.8 Å². The van der Waals surface area contributed by atoms with Crippen molar-refractivity contribution in [3.8, 4) is 11.5 Å². The molecular weight excluding hydrogens is 238 g/mol. The van der Waals surface area contributed by atoms with E-state index in [1.165, 1.54) is 0 Å². The van der Waals surface area contributed by atoms with Crippen molar-refractivity contribution >= 4 is 17.2 Å². The van der Waals surface area contributed by atoms with E-state index in [1.807, 2.05) is 25.1 Å². The number of hydrogen-bond donors (Lipinski definition) is 0. The first-order valence-electron chi connectivity index (χ1n) is 5.04. The average Bonchev–Trinajstić information content (AvgIpc) is 2.71. The SMILES string of the molecule is Cc1cccc(-c2nnc3cc(Cl)ncn23)n1. The van der Waals surface area contributed by atoms with Crippen LogP contribution in [-0.4, -0.2) is 24.6 Å². The Hall–Kier alpha value is -2.01. The van der Waals surface area contributed by atoms with Crippen LogP contribution in [0.1, 0.15) is 5.69 Å². The molecule has 0 spiro atoms. The summed E-state index contributed by atoms with van der Waals surface area (Å²) >= 11 is 5.79. The van der Waals surface area contributed by atoms with Crippen LogP contribution in [0.15, 0.2) is 30.6 Å². The molecule has 5 nitrogen and oxygen atoms in total. The average molecular weight is 246 g/mol. The van der Waals surface area contributed by atoms with Gasteiger partial charge in [-0.05, 0) is 19.1 Å². The third-order valence-corrected chi connectivity index (χ3v) is 2.59. The van der Waals surface area contributed by atoms with Crippen molar-refractivity contribution in [2.24, 2.45) is 0 Å². The lowest BCUT2D eigenvalue weighted by molar-refractivity contribution is 1.05. The number of fused-ring (bicyclic) bond motifs is 1. The maximum Gasteiger partial charge on any atom is 0.188 e. The minimum absolute atomic E-state index is 0.397. The van der Waals surface area contributed by atoms with Crippen LogP contribution in [0.4, 0.5) is 0 Å². The summed E-state index contributed by atoms with van der Waals surface area (Å²) in [4.78, 5) is 8.41. The Morgan fingerprint density at radius 2 is 2.12 bits per heavy atom. The summed E-state index contributed by atoms with van der Waals surface area (Å²) in [5, 5.41) is 8.53. The molecule has 0 aliphatic heterocycles. The standard InChI is InChI=1S/C11H8ClN5/c1-7-3-2-4-8(14-7)11-16-15-10-5-9(12)13-6-17(10)11/h2-6H,1H3. The second-order valence-corrected chi connectivity index (χ2v) is 4.01. The maximum absolute atomic E-state index is 5.79. The molecule has 0 atom stereocenters. The van der Waals surface area contributed by atoms with Gasteiger partial charge in [0.2, 0.25) is 0 Å². The fraction of sp³-hybridized carbons (Fsp3) is 0.0909. The van der Waals surface area contributed by atoms with E-state index in [0.29, 0.717) is 16.6 Å². The molecule has 3 aromatic heterocycles. The Labute approximate surface area is 102 Å². The molecular formula is C11H8ClN5. The molecule has 0 fully saturated rings. The molecule has 3 aromatic rings. The van der Waals surface area contributed by atoms with Gasteiger partial charge in [0.1, 0.15) is 17.2 Å². The molecule has 84 valence electrons. The third-order valence-electron chi connectivity index (χ3n) is 2.38. The third kappa shape index (κ3) is 1.74. The molecule has 6 heteroatoms. The quantitative estimate of drug-likeness (QED) is 0.617. The fourth-order valence-electron chi connectivity index (χ4n) is 1.61. The number of aryl methyl sites for hydroxylation is 1. The summed E-state index contributed by atoms with van der Waals surface area (Å²) < 4.78 is 1.76. The molecule has 0 saturated carbocycles. The molecule has 0 N–H and O–H groups in total. The van der Waals surface area contributed by atoms with Gasteiger partial charge < -0.3 is 0 Å². The number of aromatic nitrogens is 5. The van der Waals surface area contributed by atoms with E-state index in [0.717, 1.165) is 11.4 Å². The Balaban J connectivity index is 2.24. The summed E-state index contributed by atoms with van der Waals surface area (Å²) in [6.45, 7) is 1.93. The van der Waals surface area contributed by atoms with Gasteiger partial charge in [-0.3, -0.25) is 4.40 Å². The lowest BCUT2D eigenvalue weighted by Gasteiger charge is -1.99. The number of rotatable bonds is 1. The molecule has 0 unspecified atom stereocenters. The number of nitrogens with zero attached hydrogens (tertiary/aromatic N) is 5. The highest BCUT2D eigenvalue weighted by Gasteiger charge is 2.09. The van der Waals surface area contributed by atoms with Crippen molar-refractivity contribution in [1.82, 2.24) is 24.6 Å². The van der Waals surface area contributed by atoms with E-state index < -0.39 is 0 Å². The van der Waals surface area contributed by atoms with Crippen molar-refractivity contribution in [3.63, 3.8) is 0 Å². The van der Waals surface area contributed by atoms with E-state index in [9.17, 15) is 0 Å². The summed E-state index contributed by atoms with van der Waals surface area (Å²) in [6.07, 6.45) is 1.59. The van der Waals surface area contributed by atoms with Crippen molar-refractivity contribution in [2.75, 3.05) is 0 Å². The van der Waals surface area contributed by atoms with Gasteiger partial charge in [-0.2, -0.15) is 0 Å². The maximum atomic E-state index is 5.79. The highest BCUT2D eigenvalue weighted by Crippen LogP contribution is 2.17. The molecule has 0 amide bonds. The minimum atomic E-state index is 0.397. The predicted molar refractivity (Wildman–Crippen MR) is 63.8 cm³/mol. The second-order valence-electron chi connectivity index (χ2n) is 3.63. The van der Waals surface area contributed by atoms with Crippen LogP contribution in [0.25, 0.3) is 17.2 Å². The zero-order valence-corrected chi connectivity index (χ0v) is 9.76. The van der Waals surface area contributed by atoms with Gasteiger partial charge >= 0.3 is 0 Å². The normalized spacial score (nSPS) is 10.9. The molecule has 3 rings (SSSR count). The minimum Gasteiger partial charge on any atom is -0.264 e. The second kappa shape index (κ2) is 3.78. The summed E-state index contributed by atoms with van der Waals surface area (Å²) in [7, 11) is 0. The topological polar surface area (TPSA) is 56.0 Å². The number of hydrogen-bond acceptors (Lipinski definition) is 4. The zero-order chi connectivity index (χ0) is 11.8. The van der Waals surface area contributed by atoms with Crippen molar-refractivity contribution in [1.29, 1.82) is 0 Å². The summed E-state index contributed by atoms with van der Waals surface area (Å²) in [6, 6.07) is 7.41. The van der Waals surface area contributed by atoms with Gasteiger partial charge in [0.05, 0.1) is 0 Å². The van der Waals surface area contributed by atoms with Crippen LogP contribution in [0.2, 0.25) is 5.15 Å². The largest absolute Gasteiger partial charge is 0.264 e. The van der Waals surface area contributed by atoms with Crippen molar-refractivity contribution in [3.05, 3.63) is 41.4 Å². The molecule has 0 aliphatic carbocycles. The Morgan fingerprint density at radius 1 is 1.24 bits per heavy atom. The van der Waals surface area contributed by atoms with Gasteiger partial charge in [0.15, 0.2) is 11.5 Å². The summed E-state index contributed by atoms with van der Waals surface area (Å²) in [5.74, 6) is 0.660. The summed E-state index contributed by atoms with van der Waals surface area (Å²) in [5.41, 5.74) is 2.35. The van der Waals surface area contributed by atoms with E-state index in [2.05, 4.69) is 20.2 Å². The fourth-order valence-corrected chi connectivity index (χ4v) is 1.76. The van der Waals surface area contributed by atoms with Gasteiger partial charge in [0, 0.05) is 11.8 Å². The molecule has 0 saturated heterocycles. The molecule has 0 aromatic carbocycles. The van der Waals surface area contributed by atoms with Crippen molar-refractivity contribution < 1.29 is 0 Å². The van der Waals surface area contributed by atoms with Crippen LogP contribution in [0, 0.1) is 6.92 Å². The van der Waals surface area contributed by atoms with Gasteiger partial charge in [-0.1, -0.05) is 17.7 Å². The van der Waals surface area contributed by atoms with Crippen molar-refractivity contribution in [2.45, 2.75) is 6.92 Å². The number of pyridine rings is 1. The predicted octanol–water partition coefficient (Wildman–Crippen LogP) is 2.15. The number of halogens is 1. The van der Waals surface area contributed by atoms with Crippen LogP contribution in [0.3, 0.4) is 0 Å². The van der Waals surface area contributed by atoms with Gasteiger partial charge in [-0.25, -0.2) is 9.97 Å². The van der Waals surface area contributed by atoms with Crippen LogP contribution in [0.5, 0.6) is 0 Å². The molecule has 0 aliphatic rings. The first-order valence-corrected chi connectivity index (χ1v) is 5.42. The first-order chi connectivity index (χ1) is 8.24. The zero-order valence-electron chi connectivity index (χ0n) is 9.00. The monoisotopic (exact) mass is 245 g/mol. The van der Waals surface area contributed by atoms with Crippen LogP contribution >= 0.6 is 11.6 Å². The van der Waals surface area contributed by atoms with Gasteiger partial charge in [0.25, 0.3) is 0 Å². The van der Waals surface area contributed by atoms with Crippen LogP contribution < -0.4 is 0 Å². The van der Waals surface area contributed by atoms with Crippen LogP contribution in [-0.2, 0) is 0 Å². The Morgan fingerprint density at radius 3 is 2.94 bits per heavy atom. The molecule has 17 heavy (non-hydrogen) atoms. The molecule has 0 bridgehead atoms. The highest BCUT2D eigenvalue weighted by molar-refractivity contribution is 6.29. The van der Waals surface area contributed by atoms with Gasteiger partial charge in [-0.15, -0.1) is 10.2 Å². The highest BCUT2D eigenvalue weighted by atomic mass is 35.5. The molecule has 3 heterocycles. The molecule has 0 radical (unpaired) electrons. The Kier molecular flexibility index (Phi) is 2.26. The first kappa shape index (κ1) is 10.2. The Bertz CT molecular complexity index is 691. The van der Waals surface area contributed by atoms with E-state index >= 15 is 0 Å².